The zero-order chi connectivity index (χ0) is 23.7. The fraction of sp³-hybridized carbons (Fsp3) is 0.552. The fourth-order valence-corrected chi connectivity index (χ4v) is 6.08. The Morgan fingerprint density at radius 1 is 1.03 bits per heavy atom. The Kier molecular flexibility index (Phi) is 6.57. The minimum Gasteiger partial charge on any atom is -0.493 e. The molecule has 5 nitrogen and oxygen atoms in total. The molecule has 1 aliphatic carbocycles. The molecule has 1 spiro atoms. The summed E-state index contributed by atoms with van der Waals surface area (Å²) >= 11 is 0. The van der Waals surface area contributed by atoms with Gasteiger partial charge in [0.15, 0.2) is 11.5 Å². The topological polar surface area (TPSA) is 42.0 Å². The molecular weight excluding hydrogens is 424 g/mol. The van der Waals surface area contributed by atoms with E-state index in [2.05, 4.69) is 48.0 Å². The van der Waals surface area contributed by atoms with Crippen LogP contribution in [0.25, 0.3) is 0 Å². The van der Waals surface area contributed by atoms with Gasteiger partial charge in [0.25, 0.3) is 0 Å². The average Bonchev–Trinajstić information content (AvgIpc) is 3.17. The van der Waals surface area contributed by atoms with Crippen molar-refractivity contribution < 1.29 is 14.3 Å². The molecule has 182 valence electrons. The van der Waals surface area contributed by atoms with E-state index in [0.29, 0.717) is 18.3 Å². The number of benzene rings is 2. The zero-order valence-corrected chi connectivity index (χ0v) is 20.9. The number of carbonyl (C=O) groups is 1. The average molecular weight is 463 g/mol. The summed E-state index contributed by atoms with van der Waals surface area (Å²) in [5.41, 5.74) is 3.42. The first kappa shape index (κ1) is 23.2. The van der Waals surface area contributed by atoms with Gasteiger partial charge >= 0.3 is 0 Å². The van der Waals surface area contributed by atoms with Crippen molar-refractivity contribution >= 4 is 11.6 Å². The van der Waals surface area contributed by atoms with Crippen LogP contribution < -0.4 is 14.4 Å². The number of hydrogen-bond acceptors (Lipinski definition) is 4. The van der Waals surface area contributed by atoms with Crippen LogP contribution in [0.2, 0.25) is 0 Å². The molecule has 2 aromatic rings. The van der Waals surface area contributed by atoms with Crippen LogP contribution in [-0.2, 0) is 16.8 Å². The summed E-state index contributed by atoms with van der Waals surface area (Å²) in [7, 11) is 3.90. The van der Waals surface area contributed by atoms with Gasteiger partial charge in [0, 0.05) is 23.9 Å². The van der Waals surface area contributed by atoms with Crippen LogP contribution in [0, 0.1) is 11.8 Å². The molecule has 0 bridgehead atoms. The molecule has 0 unspecified atom stereocenters. The number of methoxy groups -OCH3 is 1. The lowest BCUT2D eigenvalue weighted by Crippen LogP contribution is -2.46. The molecule has 2 aromatic carbocycles. The first-order chi connectivity index (χ1) is 16.5. The van der Waals surface area contributed by atoms with Crippen LogP contribution in [0.15, 0.2) is 42.5 Å². The summed E-state index contributed by atoms with van der Waals surface area (Å²) in [6.45, 7) is 5.67. The van der Waals surface area contributed by atoms with Gasteiger partial charge in [-0.15, -0.1) is 0 Å². The summed E-state index contributed by atoms with van der Waals surface area (Å²) in [4.78, 5) is 18.4. The summed E-state index contributed by atoms with van der Waals surface area (Å²) < 4.78 is 12.0. The standard InChI is InChI=1S/C29H38N2O3/c1-21-9-11-23(12-10-21)28(32)31-20-29(13-15-30(2)16-14-29)24-17-26(33-3)27(18-25(24)31)34-19-22-7-5-4-6-8-22/h4-8,17-18,21,23H,9-16,19-20H2,1-3H3. The van der Waals surface area contributed by atoms with Crippen molar-refractivity contribution in [2.75, 3.05) is 38.7 Å². The number of fused-ring (bicyclic) bond motifs is 2. The Hall–Kier alpha value is -2.53. The van der Waals surface area contributed by atoms with E-state index in [0.717, 1.165) is 81.1 Å². The molecule has 0 N–H and O–H groups in total. The van der Waals surface area contributed by atoms with Crippen molar-refractivity contribution in [1.29, 1.82) is 0 Å². The molecule has 2 aliphatic heterocycles. The predicted molar refractivity (Wildman–Crippen MR) is 136 cm³/mol. The molecule has 0 atom stereocenters. The molecule has 1 saturated heterocycles. The molecule has 5 rings (SSSR count). The number of likely N-dealkylation sites (tertiary alicyclic amines) is 1. The number of ether oxygens (including phenoxy) is 2. The highest BCUT2D eigenvalue weighted by Crippen LogP contribution is 2.51. The summed E-state index contributed by atoms with van der Waals surface area (Å²) in [6.07, 6.45) is 6.46. The smallest absolute Gasteiger partial charge is 0.230 e. The highest BCUT2D eigenvalue weighted by atomic mass is 16.5. The monoisotopic (exact) mass is 462 g/mol. The molecule has 5 heteroatoms. The van der Waals surface area contributed by atoms with Gasteiger partial charge < -0.3 is 19.3 Å². The van der Waals surface area contributed by atoms with E-state index in [9.17, 15) is 4.79 Å². The van der Waals surface area contributed by atoms with E-state index < -0.39 is 0 Å². The van der Waals surface area contributed by atoms with E-state index in [1.165, 1.54) is 5.56 Å². The second-order valence-corrected chi connectivity index (χ2v) is 10.8. The Bertz CT molecular complexity index is 1010. The normalized spacial score (nSPS) is 24.1. The Morgan fingerprint density at radius 3 is 2.41 bits per heavy atom. The van der Waals surface area contributed by atoms with Crippen molar-refractivity contribution in [3.8, 4) is 11.5 Å². The summed E-state index contributed by atoms with van der Waals surface area (Å²) in [5.74, 6) is 2.65. The second-order valence-electron chi connectivity index (χ2n) is 10.8. The molecular formula is C29H38N2O3. The van der Waals surface area contributed by atoms with Crippen LogP contribution in [0.1, 0.15) is 56.6 Å². The van der Waals surface area contributed by atoms with Gasteiger partial charge in [-0.2, -0.15) is 0 Å². The lowest BCUT2D eigenvalue weighted by atomic mass is 9.74. The number of rotatable bonds is 5. The van der Waals surface area contributed by atoms with Gasteiger partial charge in [0.05, 0.1) is 12.8 Å². The molecule has 3 aliphatic rings. The largest absolute Gasteiger partial charge is 0.493 e. The summed E-state index contributed by atoms with van der Waals surface area (Å²) in [5, 5.41) is 0. The first-order valence-electron chi connectivity index (χ1n) is 12.9. The first-order valence-corrected chi connectivity index (χ1v) is 12.9. The quantitative estimate of drug-likeness (QED) is 0.596. The van der Waals surface area contributed by atoms with Gasteiger partial charge in [0.2, 0.25) is 5.91 Å². The zero-order valence-electron chi connectivity index (χ0n) is 20.9. The van der Waals surface area contributed by atoms with Crippen molar-refractivity contribution in [3.63, 3.8) is 0 Å². The minimum absolute atomic E-state index is 0.00466. The van der Waals surface area contributed by atoms with Crippen molar-refractivity contribution in [1.82, 2.24) is 4.90 Å². The Balaban J connectivity index is 1.48. The lowest BCUT2D eigenvalue weighted by molar-refractivity contribution is -0.123. The number of carbonyl (C=O) groups excluding carboxylic acids is 1. The molecule has 1 amide bonds. The van der Waals surface area contributed by atoms with Crippen LogP contribution in [0.5, 0.6) is 11.5 Å². The molecule has 1 saturated carbocycles. The third kappa shape index (κ3) is 4.43. The number of piperidine rings is 1. The van der Waals surface area contributed by atoms with Gasteiger partial charge in [-0.1, -0.05) is 37.3 Å². The van der Waals surface area contributed by atoms with Crippen molar-refractivity contribution in [3.05, 3.63) is 53.6 Å². The molecule has 0 radical (unpaired) electrons. The van der Waals surface area contributed by atoms with E-state index in [1.807, 2.05) is 18.2 Å². The van der Waals surface area contributed by atoms with Gasteiger partial charge in [-0.25, -0.2) is 0 Å². The third-order valence-electron chi connectivity index (χ3n) is 8.42. The highest BCUT2D eigenvalue weighted by molar-refractivity contribution is 5.98. The second kappa shape index (κ2) is 9.61. The maximum absolute atomic E-state index is 13.8. The maximum atomic E-state index is 13.8. The van der Waals surface area contributed by atoms with Crippen LogP contribution in [-0.4, -0.2) is 44.6 Å². The predicted octanol–water partition coefficient (Wildman–Crippen LogP) is 5.41. The Morgan fingerprint density at radius 2 is 1.74 bits per heavy atom. The minimum atomic E-state index is 0.00466. The fourth-order valence-electron chi connectivity index (χ4n) is 6.08. The van der Waals surface area contributed by atoms with Crippen LogP contribution >= 0.6 is 0 Å². The number of nitrogens with zero attached hydrogens (tertiary/aromatic N) is 2. The summed E-state index contributed by atoms with van der Waals surface area (Å²) in [6, 6.07) is 14.4. The molecule has 2 heterocycles. The van der Waals surface area contributed by atoms with E-state index in [-0.39, 0.29) is 11.3 Å². The SMILES string of the molecule is COc1cc2c(cc1OCc1ccccc1)N(C(=O)C1CCC(C)CC1)CC21CCN(C)CC1. The molecule has 2 fully saturated rings. The third-order valence-corrected chi connectivity index (χ3v) is 8.42. The van der Waals surface area contributed by atoms with E-state index >= 15 is 0 Å². The van der Waals surface area contributed by atoms with E-state index in [1.54, 1.807) is 7.11 Å². The lowest BCUT2D eigenvalue weighted by Gasteiger charge is -2.38. The number of hydrogen-bond donors (Lipinski definition) is 0. The van der Waals surface area contributed by atoms with E-state index in [4.69, 9.17) is 9.47 Å². The Labute approximate surface area is 204 Å². The maximum Gasteiger partial charge on any atom is 0.230 e. The number of amides is 1. The molecule has 34 heavy (non-hydrogen) atoms. The molecule has 0 aromatic heterocycles. The highest BCUT2D eigenvalue weighted by Gasteiger charge is 2.47. The van der Waals surface area contributed by atoms with Gasteiger partial charge in [-0.3, -0.25) is 4.79 Å². The van der Waals surface area contributed by atoms with Gasteiger partial charge in [-0.05, 0) is 81.8 Å². The number of anilines is 1. The van der Waals surface area contributed by atoms with Gasteiger partial charge in [0.1, 0.15) is 6.61 Å². The van der Waals surface area contributed by atoms with Crippen molar-refractivity contribution in [2.24, 2.45) is 11.8 Å². The van der Waals surface area contributed by atoms with Crippen molar-refractivity contribution in [2.45, 2.75) is 57.5 Å². The van der Waals surface area contributed by atoms with Crippen LogP contribution in [0.4, 0.5) is 5.69 Å². The van der Waals surface area contributed by atoms with Crippen LogP contribution in [0.3, 0.4) is 0 Å².